The van der Waals surface area contributed by atoms with Crippen LogP contribution in [-0.4, -0.2) is 52.7 Å². The summed E-state index contributed by atoms with van der Waals surface area (Å²) in [7, 11) is 3.71. The Kier molecular flexibility index (Phi) is 5.82. The van der Waals surface area contributed by atoms with Crippen molar-refractivity contribution in [1.29, 1.82) is 0 Å². The molecule has 3 rings (SSSR count). The molecule has 0 radical (unpaired) electrons. The van der Waals surface area contributed by atoms with Crippen molar-refractivity contribution < 1.29 is 9.47 Å². The molecule has 0 unspecified atom stereocenters. The molecule has 0 aliphatic carbocycles. The number of nitrogens with zero attached hydrogens (tertiary/aromatic N) is 5. The second kappa shape index (κ2) is 8.66. The number of aromatic nitrogens is 3. The molecule has 134 valence electrons. The topological polar surface area (TPSA) is 64.8 Å². The lowest BCUT2D eigenvalue weighted by molar-refractivity contribution is 0.216. The molecular formula is C19H21N5O2. The van der Waals surface area contributed by atoms with E-state index in [1.54, 1.807) is 28.3 Å². The quantitative estimate of drug-likeness (QED) is 0.283. The average molecular weight is 351 g/mol. The van der Waals surface area contributed by atoms with Crippen molar-refractivity contribution in [3.8, 4) is 11.5 Å². The molecule has 0 bridgehead atoms. The highest BCUT2D eigenvalue weighted by molar-refractivity contribution is 6.00. The molecule has 2 heterocycles. The van der Waals surface area contributed by atoms with Crippen LogP contribution in [0.1, 0.15) is 5.69 Å². The van der Waals surface area contributed by atoms with Crippen molar-refractivity contribution in [2.24, 2.45) is 5.10 Å². The molecule has 7 nitrogen and oxygen atoms in total. The van der Waals surface area contributed by atoms with Gasteiger partial charge in [-0.2, -0.15) is 5.10 Å². The number of rotatable bonds is 7. The number of para-hydroxylation sites is 1. The molecule has 2 aromatic heterocycles. The zero-order chi connectivity index (χ0) is 18.2. The van der Waals surface area contributed by atoms with Gasteiger partial charge in [0, 0.05) is 32.7 Å². The average Bonchev–Trinajstić information content (AvgIpc) is 3.19. The lowest BCUT2D eigenvalue weighted by Crippen LogP contribution is -2.20. The van der Waals surface area contributed by atoms with Gasteiger partial charge in [-0.25, -0.2) is 9.97 Å². The zero-order valence-electron chi connectivity index (χ0n) is 14.8. The van der Waals surface area contributed by atoms with E-state index in [4.69, 9.17) is 9.47 Å². The highest BCUT2D eigenvalue weighted by Crippen LogP contribution is 2.18. The Labute approximate surface area is 152 Å². The lowest BCUT2D eigenvalue weighted by atomic mass is 10.3. The highest BCUT2D eigenvalue weighted by atomic mass is 16.5. The van der Waals surface area contributed by atoms with Gasteiger partial charge in [-0.15, -0.1) is 0 Å². The second-order valence-corrected chi connectivity index (χ2v) is 5.60. The van der Waals surface area contributed by atoms with Crippen molar-refractivity contribution in [1.82, 2.24) is 19.5 Å². The maximum atomic E-state index is 5.90. The molecule has 0 amide bonds. The summed E-state index contributed by atoms with van der Waals surface area (Å²) in [4.78, 5) is 8.54. The summed E-state index contributed by atoms with van der Waals surface area (Å²) in [6.07, 6.45) is 6.91. The van der Waals surface area contributed by atoms with Crippen LogP contribution in [0.4, 0.5) is 0 Å². The van der Waals surface area contributed by atoms with Crippen LogP contribution in [0.15, 0.2) is 72.5 Å². The Balaban J connectivity index is 1.72. The first-order valence-electron chi connectivity index (χ1n) is 8.24. The van der Waals surface area contributed by atoms with Crippen LogP contribution in [0.2, 0.25) is 0 Å². The fourth-order valence-corrected chi connectivity index (χ4v) is 2.30. The Hall–Kier alpha value is -3.35. The maximum absolute atomic E-state index is 5.90. The van der Waals surface area contributed by atoms with E-state index < -0.39 is 0 Å². The molecule has 1 aromatic carbocycles. The SMILES string of the molecule is CN(C)/N=C(/c1ncccc1OCCOc1ccccc1)n1ccnc1. The molecule has 0 spiro atoms. The molecule has 0 saturated carbocycles. The molecule has 0 fully saturated rings. The third-order valence-electron chi connectivity index (χ3n) is 3.38. The van der Waals surface area contributed by atoms with E-state index in [2.05, 4.69) is 15.1 Å². The summed E-state index contributed by atoms with van der Waals surface area (Å²) in [6.45, 7) is 0.830. The van der Waals surface area contributed by atoms with Gasteiger partial charge in [-0.05, 0) is 24.3 Å². The van der Waals surface area contributed by atoms with Crippen LogP contribution in [0.25, 0.3) is 0 Å². The summed E-state index contributed by atoms with van der Waals surface area (Å²) < 4.78 is 13.4. The van der Waals surface area contributed by atoms with E-state index in [1.807, 2.05) is 62.8 Å². The number of hydrogen-bond acceptors (Lipinski definition) is 6. The molecular weight excluding hydrogens is 330 g/mol. The number of benzene rings is 1. The van der Waals surface area contributed by atoms with Gasteiger partial charge in [0.2, 0.25) is 0 Å². The highest BCUT2D eigenvalue weighted by Gasteiger charge is 2.15. The fraction of sp³-hybridized carbons (Fsp3) is 0.211. The summed E-state index contributed by atoms with van der Waals surface area (Å²) in [6, 6.07) is 13.3. The van der Waals surface area contributed by atoms with Gasteiger partial charge in [0.25, 0.3) is 0 Å². The first-order chi connectivity index (χ1) is 12.7. The van der Waals surface area contributed by atoms with Gasteiger partial charge in [0.15, 0.2) is 5.84 Å². The van der Waals surface area contributed by atoms with E-state index in [9.17, 15) is 0 Å². The normalized spacial score (nSPS) is 11.2. The smallest absolute Gasteiger partial charge is 0.187 e. The van der Waals surface area contributed by atoms with Gasteiger partial charge in [0.05, 0.1) is 0 Å². The largest absolute Gasteiger partial charge is 0.490 e. The van der Waals surface area contributed by atoms with Gasteiger partial charge in [-0.1, -0.05) is 18.2 Å². The molecule has 0 atom stereocenters. The number of pyridine rings is 1. The molecule has 26 heavy (non-hydrogen) atoms. The van der Waals surface area contributed by atoms with E-state index in [1.165, 1.54) is 0 Å². The molecule has 7 heteroatoms. The Morgan fingerprint density at radius 2 is 1.85 bits per heavy atom. The van der Waals surface area contributed by atoms with Crippen molar-refractivity contribution in [2.45, 2.75) is 0 Å². The van der Waals surface area contributed by atoms with Gasteiger partial charge in [-0.3, -0.25) is 4.57 Å². The summed E-state index contributed by atoms with van der Waals surface area (Å²) >= 11 is 0. The Morgan fingerprint density at radius 3 is 2.58 bits per heavy atom. The predicted octanol–water partition coefficient (Wildman–Crippen LogP) is 2.51. The van der Waals surface area contributed by atoms with E-state index in [-0.39, 0.29) is 0 Å². The monoisotopic (exact) mass is 351 g/mol. The van der Waals surface area contributed by atoms with Crippen LogP contribution in [0.3, 0.4) is 0 Å². The minimum Gasteiger partial charge on any atom is -0.490 e. The standard InChI is InChI=1S/C19H21N5O2/c1-23(2)22-19(24-12-11-20-15-24)18-17(9-6-10-21-18)26-14-13-25-16-7-4-3-5-8-16/h3-12,15H,13-14H2,1-2H3/b22-19-. The summed E-state index contributed by atoms with van der Waals surface area (Å²) in [5.41, 5.74) is 0.638. The summed E-state index contributed by atoms with van der Waals surface area (Å²) in [5.74, 6) is 2.08. The maximum Gasteiger partial charge on any atom is 0.187 e. The second-order valence-electron chi connectivity index (χ2n) is 5.60. The number of hydrogen-bond donors (Lipinski definition) is 0. The van der Waals surface area contributed by atoms with Crippen molar-refractivity contribution in [3.63, 3.8) is 0 Å². The van der Waals surface area contributed by atoms with Crippen molar-refractivity contribution in [2.75, 3.05) is 27.3 Å². The summed E-state index contributed by atoms with van der Waals surface area (Å²) in [5, 5.41) is 6.24. The molecule has 0 aliphatic rings. The zero-order valence-corrected chi connectivity index (χ0v) is 14.8. The van der Waals surface area contributed by atoms with Crippen LogP contribution < -0.4 is 9.47 Å². The minimum atomic E-state index is 0.396. The first-order valence-corrected chi connectivity index (χ1v) is 8.24. The van der Waals surface area contributed by atoms with Crippen LogP contribution in [0.5, 0.6) is 11.5 Å². The Morgan fingerprint density at radius 1 is 1.04 bits per heavy atom. The molecule has 0 aliphatic heterocycles. The van der Waals surface area contributed by atoms with Gasteiger partial charge < -0.3 is 14.5 Å². The number of imidazole rings is 1. The van der Waals surface area contributed by atoms with Crippen LogP contribution in [-0.2, 0) is 0 Å². The third-order valence-corrected chi connectivity index (χ3v) is 3.38. The van der Waals surface area contributed by atoms with Gasteiger partial charge in [0.1, 0.15) is 36.7 Å². The third kappa shape index (κ3) is 4.60. The lowest BCUT2D eigenvalue weighted by Gasteiger charge is -2.15. The minimum absolute atomic E-state index is 0.396. The number of hydrazone groups is 1. The van der Waals surface area contributed by atoms with E-state index in [0.29, 0.717) is 30.5 Å². The Bertz CT molecular complexity index is 832. The number of ether oxygens (including phenoxy) is 2. The van der Waals surface area contributed by atoms with Crippen molar-refractivity contribution in [3.05, 3.63) is 73.1 Å². The van der Waals surface area contributed by atoms with Crippen LogP contribution in [0, 0.1) is 0 Å². The fourth-order valence-electron chi connectivity index (χ4n) is 2.30. The molecule has 3 aromatic rings. The van der Waals surface area contributed by atoms with E-state index >= 15 is 0 Å². The van der Waals surface area contributed by atoms with Crippen LogP contribution >= 0.6 is 0 Å². The van der Waals surface area contributed by atoms with E-state index in [0.717, 1.165) is 5.75 Å². The molecule has 0 N–H and O–H groups in total. The first kappa shape index (κ1) is 17.5. The van der Waals surface area contributed by atoms with Gasteiger partial charge >= 0.3 is 0 Å². The molecule has 0 saturated heterocycles. The predicted molar refractivity (Wildman–Crippen MR) is 99.5 cm³/mol. The van der Waals surface area contributed by atoms with Crippen molar-refractivity contribution >= 4 is 5.84 Å².